The number of fused-ring (bicyclic) bond motifs is 5. The summed E-state index contributed by atoms with van der Waals surface area (Å²) in [6.07, 6.45) is 5.18. The Hall–Kier alpha value is -5.27. The van der Waals surface area contributed by atoms with Crippen molar-refractivity contribution in [3.63, 3.8) is 0 Å². The van der Waals surface area contributed by atoms with E-state index in [1.54, 1.807) is 6.07 Å². The van der Waals surface area contributed by atoms with Gasteiger partial charge in [0.05, 0.1) is 51.0 Å². The SMILES string of the molecule is CC1(C)c2ccc(N3CCN(Cc4cnc(N5CCC(c6cc(F)c(C7CCC(=O)NC7=O)c(F)c6)CC5)cn4)CC3)cc2-n2c1nc(=O)c1c(Cl)cccc12. The zero-order valence-electron chi connectivity index (χ0n) is 31.2. The number of nitrogens with zero attached hydrogens (tertiary/aromatic N) is 7. The quantitative estimate of drug-likeness (QED) is 0.208. The van der Waals surface area contributed by atoms with Crippen molar-refractivity contribution in [3.05, 3.63) is 116 Å². The van der Waals surface area contributed by atoms with Gasteiger partial charge in [-0.05, 0) is 86.6 Å². The minimum absolute atomic E-state index is 0.0295. The standard InChI is InChI=1S/C42H41ClF2N8O3/c1-42(2)29-8-6-27(20-34(29)53-33-5-3-4-30(43)38(33)40(56)49-41(42)53)51-16-14-50(15-17-51)23-26-21-47-35(22-46-26)52-12-10-24(11-13-52)25-18-31(44)37(32(45)19-25)28-7-9-36(54)48-39(28)55/h3-6,8,18-22,24,28H,7,9-17,23H2,1-2H3,(H,48,54,55). The molecule has 5 aromatic rings. The molecule has 11 nitrogen and oxygen atoms in total. The number of amides is 2. The van der Waals surface area contributed by atoms with Crippen LogP contribution in [-0.2, 0) is 21.5 Å². The summed E-state index contributed by atoms with van der Waals surface area (Å²) in [7, 11) is 0. The molecule has 4 aliphatic heterocycles. The van der Waals surface area contributed by atoms with Crippen molar-refractivity contribution in [2.45, 2.75) is 63.3 Å². The highest BCUT2D eigenvalue weighted by molar-refractivity contribution is 6.35. The van der Waals surface area contributed by atoms with Crippen molar-refractivity contribution in [1.29, 1.82) is 0 Å². The van der Waals surface area contributed by atoms with Gasteiger partial charge in [-0.15, -0.1) is 0 Å². The fourth-order valence-electron chi connectivity index (χ4n) is 9.01. The Morgan fingerprint density at radius 3 is 2.32 bits per heavy atom. The van der Waals surface area contributed by atoms with E-state index in [0.717, 1.165) is 66.0 Å². The van der Waals surface area contributed by atoms with Crippen LogP contribution >= 0.6 is 11.6 Å². The van der Waals surface area contributed by atoms with Gasteiger partial charge < -0.3 is 9.80 Å². The van der Waals surface area contributed by atoms with Crippen LogP contribution in [0.4, 0.5) is 20.3 Å². The minimum Gasteiger partial charge on any atom is -0.369 e. The third kappa shape index (κ3) is 6.30. The molecule has 56 heavy (non-hydrogen) atoms. The maximum absolute atomic E-state index is 15.2. The van der Waals surface area contributed by atoms with Gasteiger partial charge in [-0.3, -0.25) is 34.2 Å². The number of carbonyl (C=O) groups is 2. The molecule has 1 atom stereocenters. The predicted octanol–water partition coefficient (Wildman–Crippen LogP) is 5.97. The zero-order chi connectivity index (χ0) is 38.9. The first-order valence-corrected chi connectivity index (χ1v) is 19.6. The van der Waals surface area contributed by atoms with Crippen molar-refractivity contribution in [3.8, 4) is 5.69 Å². The number of carbonyl (C=O) groups excluding carboxylic acids is 2. The van der Waals surface area contributed by atoms with Crippen LogP contribution in [0.3, 0.4) is 0 Å². The second kappa shape index (κ2) is 14.0. The first kappa shape index (κ1) is 36.4. The molecule has 0 saturated carbocycles. The monoisotopic (exact) mass is 778 g/mol. The summed E-state index contributed by atoms with van der Waals surface area (Å²) in [4.78, 5) is 57.7. The lowest BCUT2D eigenvalue weighted by molar-refractivity contribution is -0.134. The average molecular weight is 779 g/mol. The summed E-state index contributed by atoms with van der Waals surface area (Å²) in [5, 5.41) is 3.02. The third-order valence-electron chi connectivity index (χ3n) is 12.1. The number of rotatable bonds is 6. The van der Waals surface area contributed by atoms with Crippen molar-refractivity contribution in [2.24, 2.45) is 0 Å². The molecule has 0 bridgehead atoms. The number of imide groups is 1. The molecule has 3 fully saturated rings. The maximum Gasteiger partial charge on any atom is 0.282 e. The van der Waals surface area contributed by atoms with Crippen molar-refractivity contribution < 1.29 is 18.4 Å². The molecule has 9 rings (SSSR count). The molecule has 288 valence electrons. The average Bonchev–Trinajstić information content (AvgIpc) is 3.41. The van der Waals surface area contributed by atoms with Crippen LogP contribution in [0, 0.1) is 11.6 Å². The molecule has 3 aromatic carbocycles. The lowest BCUT2D eigenvalue weighted by Gasteiger charge is -2.36. The van der Waals surface area contributed by atoms with Crippen LogP contribution in [-0.4, -0.2) is 75.5 Å². The van der Waals surface area contributed by atoms with Gasteiger partial charge in [0.25, 0.3) is 5.56 Å². The van der Waals surface area contributed by atoms with Crippen LogP contribution in [0.15, 0.2) is 65.7 Å². The van der Waals surface area contributed by atoms with Crippen molar-refractivity contribution in [1.82, 2.24) is 29.7 Å². The number of anilines is 2. The Bertz CT molecular complexity index is 2430. The van der Waals surface area contributed by atoms with Gasteiger partial charge in [0.15, 0.2) is 0 Å². The highest BCUT2D eigenvalue weighted by atomic mass is 35.5. The van der Waals surface area contributed by atoms with Crippen LogP contribution < -0.4 is 20.7 Å². The zero-order valence-corrected chi connectivity index (χ0v) is 32.0. The largest absolute Gasteiger partial charge is 0.369 e. The van der Waals surface area contributed by atoms with Gasteiger partial charge >= 0.3 is 0 Å². The van der Waals surface area contributed by atoms with Crippen LogP contribution in [0.1, 0.15) is 79.6 Å². The van der Waals surface area contributed by atoms with Gasteiger partial charge in [-0.1, -0.05) is 23.7 Å². The number of piperazine rings is 1. The smallest absolute Gasteiger partial charge is 0.282 e. The van der Waals surface area contributed by atoms with E-state index in [1.807, 2.05) is 24.5 Å². The molecule has 3 saturated heterocycles. The molecule has 6 heterocycles. The van der Waals surface area contributed by atoms with Gasteiger partial charge in [-0.25, -0.2) is 13.8 Å². The molecule has 14 heteroatoms. The Labute approximate surface area is 327 Å². The molecular formula is C42H41ClF2N8O3. The first-order valence-electron chi connectivity index (χ1n) is 19.2. The lowest BCUT2D eigenvalue weighted by Crippen LogP contribution is -2.46. The summed E-state index contributed by atoms with van der Waals surface area (Å²) in [5.41, 5.74) is 4.49. The van der Waals surface area contributed by atoms with Crippen LogP contribution in [0.2, 0.25) is 5.02 Å². The highest BCUT2D eigenvalue weighted by Gasteiger charge is 2.39. The van der Waals surface area contributed by atoms with E-state index in [1.165, 1.54) is 12.1 Å². The van der Waals surface area contributed by atoms with Crippen molar-refractivity contribution in [2.75, 3.05) is 49.1 Å². The van der Waals surface area contributed by atoms with Gasteiger partial charge in [0.1, 0.15) is 23.3 Å². The molecule has 2 amide bonds. The number of benzene rings is 3. The molecule has 1 N–H and O–H groups in total. The summed E-state index contributed by atoms with van der Waals surface area (Å²) < 4.78 is 32.5. The fourth-order valence-corrected chi connectivity index (χ4v) is 9.26. The fraction of sp³-hybridized carbons (Fsp3) is 0.381. The minimum atomic E-state index is -1.01. The van der Waals surface area contributed by atoms with E-state index in [9.17, 15) is 14.4 Å². The van der Waals surface area contributed by atoms with Crippen LogP contribution in [0.25, 0.3) is 16.6 Å². The second-order valence-corrected chi connectivity index (χ2v) is 16.2. The number of hydrogen-bond donors (Lipinski definition) is 1. The molecule has 1 unspecified atom stereocenters. The summed E-state index contributed by atoms with van der Waals surface area (Å²) in [6, 6.07) is 14.8. The first-order chi connectivity index (χ1) is 27.0. The van der Waals surface area contributed by atoms with E-state index in [4.69, 9.17) is 21.6 Å². The number of piperidine rings is 2. The Balaban J connectivity index is 0.810. The van der Waals surface area contributed by atoms with Crippen molar-refractivity contribution >= 4 is 45.8 Å². The van der Waals surface area contributed by atoms with Gasteiger partial charge in [0.2, 0.25) is 11.8 Å². The van der Waals surface area contributed by atoms with Gasteiger partial charge in [0, 0.05) is 63.5 Å². The molecule has 4 aliphatic rings. The maximum atomic E-state index is 15.2. The van der Waals surface area contributed by atoms with E-state index in [2.05, 4.69) is 61.6 Å². The number of hydrogen-bond acceptors (Lipinski definition) is 9. The summed E-state index contributed by atoms with van der Waals surface area (Å²) >= 11 is 6.48. The topological polar surface area (TPSA) is 117 Å². The van der Waals surface area contributed by atoms with E-state index in [-0.39, 0.29) is 29.9 Å². The van der Waals surface area contributed by atoms with Gasteiger partial charge in [-0.2, -0.15) is 4.98 Å². The number of halogens is 3. The molecule has 2 aromatic heterocycles. The third-order valence-corrected chi connectivity index (χ3v) is 12.4. The van der Waals surface area contributed by atoms with E-state index < -0.39 is 34.8 Å². The number of aromatic nitrogens is 4. The molecule has 0 aliphatic carbocycles. The van der Waals surface area contributed by atoms with Crippen LogP contribution in [0.5, 0.6) is 0 Å². The number of nitrogens with one attached hydrogen (secondary N) is 1. The summed E-state index contributed by atoms with van der Waals surface area (Å²) in [5.74, 6) is -2.10. The molecule has 0 spiro atoms. The van der Waals surface area contributed by atoms with E-state index in [0.29, 0.717) is 48.4 Å². The second-order valence-electron chi connectivity index (χ2n) is 15.8. The van der Waals surface area contributed by atoms with E-state index >= 15 is 8.78 Å². The lowest BCUT2D eigenvalue weighted by atomic mass is 9.85. The Morgan fingerprint density at radius 2 is 1.62 bits per heavy atom. The predicted molar refractivity (Wildman–Crippen MR) is 210 cm³/mol. The Kier molecular flexibility index (Phi) is 9.12. The normalized spacial score (nSPS) is 20.0. The summed E-state index contributed by atoms with van der Waals surface area (Å²) in [6.45, 7) is 9.64. The molecule has 0 radical (unpaired) electrons. The Morgan fingerprint density at radius 1 is 0.875 bits per heavy atom. The molecular weight excluding hydrogens is 738 g/mol. The highest BCUT2D eigenvalue weighted by Crippen LogP contribution is 2.44.